The van der Waals surface area contributed by atoms with Crippen molar-refractivity contribution >= 4 is 11.0 Å². The maximum absolute atomic E-state index is 5.52. The number of nitrogens with zero attached hydrogens (tertiary/aromatic N) is 2. The van der Waals surface area contributed by atoms with Crippen molar-refractivity contribution in [3.8, 4) is 0 Å². The molecule has 0 bridgehead atoms. The number of nitrogens with two attached hydrogens (primary N) is 1. The molecule has 0 saturated heterocycles. The molecule has 12 heavy (non-hydrogen) atoms. The number of hydrogen-bond acceptors (Lipinski definition) is 2. The average Bonchev–Trinajstić information content (AvgIpc) is 2.46. The Bertz CT molecular complexity index is 403. The quantitative estimate of drug-likeness (QED) is 0.684. The van der Waals surface area contributed by atoms with E-state index < -0.39 is 0 Å². The lowest BCUT2D eigenvalue weighted by Gasteiger charge is -1.98. The third kappa shape index (κ3) is 0.987. The van der Waals surface area contributed by atoms with Crippen LogP contribution in [-0.2, 0) is 6.67 Å². The van der Waals surface area contributed by atoms with E-state index in [1.165, 1.54) is 5.56 Å². The van der Waals surface area contributed by atoms with Crippen LogP contribution in [0, 0.1) is 6.92 Å². The Morgan fingerprint density at radius 3 is 3.17 bits per heavy atom. The van der Waals surface area contributed by atoms with E-state index in [-0.39, 0.29) is 0 Å². The third-order valence-corrected chi connectivity index (χ3v) is 1.93. The molecule has 2 aromatic rings. The highest BCUT2D eigenvalue weighted by Crippen LogP contribution is 2.13. The second kappa shape index (κ2) is 2.60. The number of pyridine rings is 1. The zero-order valence-corrected chi connectivity index (χ0v) is 6.99. The molecule has 2 aromatic heterocycles. The molecule has 3 nitrogen and oxygen atoms in total. The van der Waals surface area contributed by atoms with E-state index in [0.29, 0.717) is 6.67 Å². The first-order valence-electron chi connectivity index (χ1n) is 3.93. The second-order valence-electron chi connectivity index (χ2n) is 2.89. The summed E-state index contributed by atoms with van der Waals surface area (Å²) in [6.45, 7) is 2.52. The van der Waals surface area contributed by atoms with Crippen LogP contribution >= 0.6 is 0 Å². The van der Waals surface area contributed by atoms with Gasteiger partial charge in [-0.2, -0.15) is 0 Å². The van der Waals surface area contributed by atoms with E-state index in [1.54, 1.807) is 0 Å². The lowest BCUT2D eigenvalue weighted by atomic mass is 10.2. The summed E-state index contributed by atoms with van der Waals surface area (Å²) in [7, 11) is 0. The average molecular weight is 161 g/mol. The molecule has 0 unspecified atom stereocenters. The number of rotatable bonds is 1. The minimum Gasteiger partial charge on any atom is -0.319 e. The van der Waals surface area contributed by atoms with Gasteiger partial charge in [-0.1, -0.05) is 0 Å². The normalized spacial score (nSPS) is 10.8. The first kappa shape index (κ1) is 7.31. The van der Waals surface area contributed by atoms with E-state index in [0.717, 1.165) is 11.0 Å². The van der Waals surface area contributed by atoms with Crippen molar-refractivity contribution in [3.05, 3.63) is 30.1 Å². The van der Waals surface area contributed by atoms with Gasteiger partial charge >= 0.3 is 0 Å². The van der Waals surface area contributed by atoms with Crippen LogP contribution in [0.2, 0.25) is 0 Å². The second-order valence-corrected chi connectivity index (χ2v) is 2.89. The fourth-order valence-corrected chi connectivity index (χ4v) is 1.34. The van der Waals surface area contributed by atoms with Gasteiger partial charge in [0.05, 0.1) is 6.67 Å². The van der Waals surface area contributed by atoms with E-state index >= 15 is 0 Å². The van der Waals surface area contributed by atoms with Crippen molar-refractivity contribution in [2.75, 3.05) is 0 Å². The number of aryl methyl sites for hydroxylation is 1. The molecule has 2 heterocycles. The van der Waals surface area contributed by atoms with Crippen LogP contribution in [0.1, 0.15) is 5.56 Å². The molecule has 0 fully saturated rings. The maximum Gasteiger partial charge on any atom is 0.140 e. The summed E-state index contributed by atoms with van der Waals surface area (Å²) in [6, 6.07) is 4.14. The molecule has 0 atom stereocenters. The molecule has 62 valence electrons. The molecule has 0 amide bonds. The Labute approximate surface area is 70.8 Å². The summed E-state index contributed by atoms with van der Waals surface area (Å²) >= 11 is 0. The first-order chi connectivity index (χ1) is 5.81. The summed E-state index contributed by atoms with van der Waals surface area (Å²) in [5.74, 6) is 0. The van der Waals surface area contributed by atoms with Crippen molar-refractivity contribution in [1.82, 2.24) is 9.55 Å². The summed E-state index contributed by atoms with van der Waals surface area (Å²) in [6.07, 6.45) is 3.81. The maximum atomic E-state index is 5.52. The Kier molecular flexibility index (Phi) is 1.59. The topological polar surface area (TPSA) is 43.8 Å². The van der Waals surface area contributed by atoms with E-state index in [9.17, 15) is 0 Å². The monoisotopic (exact) mass is 161 g/mol. The Hall–Kier alpha value is -1.35. The predicted octanol–water partition coefficient (Wildman–Crippen LogP) is 1.26. The number of aromatic nitrogens is 2. The highest BCUT2D eigenvalue weighted by molar-refractivity contribution is 5.76. The van der Waals surface area contributed by atoms with Crippen LogP contribution in [0.5, 0.6) is 0 Å². The number of fused-ring (bicyclic) bond motifs is 1. The molecular formula is C9H11N3. The van der Waals surface area contributed by atoms with Crippen LogP contribution in [0.4, 0.5) is 0 Å². The van der Waals surface area contributed by atoms with E-state index in [2.05, 4.69) is 11.1 Å². The Balaban J connectivity index is 2.73. The van der Waals surface area contributed by atoms with Gasteiger partial charge < -0.3 is 10.3 Å². The molecule has 0 radical (unpaired) electrons. The molecule has 0 aliphatic rings. The molecule has 0 aliphatic heterocycles. The fraction of sp³-hybridized carbons (Fsp3) is 0.222. The van der Waals surface area contributed by atoms with Crippen LogP contribution < -0.4 is 5.73 Å². The standard InChI is InChI=1S/C9H11N3/c1-7-4-8-2-3-12(6-10)9(8)11-5-7/h2-5H,6,10H2,1H3. The zero-order chi connectivity index (χ0) is 8.55. The first-order valence-corrected chi connectivity index (χ1v) is 3.93. The van der Waals surface area contributed by atoms with Gasteiger partial charge in [-0.05, 0) is 24.6 Å². The summed E-state index contributed by atoms with van der Waals surface area (Å²) < 4.78 is 1.93. The van der Waals surface area contributed by atoms with Gasteiger partial charge in [-0.3, -0.25) is 0 Å². The van der Waals surface area contributed by atoms with Gasteiger partial charge in [0.2, 0.25) is 0 Å². The highest BCUT2D eigenvalue weighted by Gasteiger charge is 1.99. The van der Waals surface area contributed by atoms with Crippen molar-refractivity contribution in [2.45, 2.75) is 13.6 Å². The van der Waals surface area contributed by atoms with E-state index in [4.69, 9.17) is 5.73 Å². The molecule has 2 N–H and O–H groups in total. The molecule has 0 spiro atoms. The van der Waals surface area contributed by atoms with Crippen molar-refractivity contribution in [3.63, 3.8) is 0 Å². The lowest BCUT2D eigenvalue weighted by molar-refractivity contribution is 0.755. The number of hydrogen-bond donors (Lipinski definition) is 1. The van der Waals surface area contributed by atoms with Gasteiger partial charge in [0.15, 0.2) is 0 Å². The molecule has 0 aromatic carbocycles. The van der Waals surface area contributed by atoms with Gasteiger partial charge in [0.1, 0.15) is 5.65 Å². The summed E-state index contributed by atoms with van der Waals surface area (Å²) in [5.41, 5.74) is 7.66. The lowest BCUT2D eigenvalue weighted by Crippen LogP contribution is -2.05. The molecular weight excluding hydrogens is 150 g/mol. The van der Waals surface area contributed by atoms with Crippen LogP contribution in [-0.4, -0.2) is 9.55 Å². The zero-order valence-electron chi connectivity index (χ0n) is 6.99. The summed E-state index contributed by atoms with van der Waals surface area (Å²) in [4.78, 5) is 4.29. The third-order valence-electron chi connectivity index (χ3n) is 1.93. The van der Waals surface area contributed by atoms with Crippen molar-refractivity contribution < 1.29 is 0 Å². The minimum absolute atomic E-state index is 0.486. The predicted molar refractivity (Wildman–Crippen MR) is 48.7 cm³/mol. The SMILES string of the molecule is Cc1cnc2c(ccn2CN)c1. The van der Waals surface area contributed by atoms with Crippen LogP contribution in [0.3, 0.4) is 0 Å². The van der Waals surface area contributed by atoms with E-state index in [1.807, 2.05) is 30.0 Å². The molecule has 0 saturated carbocycles. The summed E-state index contributed by atoms with van der Waals surface area (Å²) in [5, 5.41) is 1.15. The van der Waals surface area contributed by atoms with Gasteiger partial charge in [0, 0.05) is 17.8 Å². The molecule has 3 heteroatoms. The minimum atomic E-state index is 0.486. The fourth-order valence-electron chi connectivity index (χ4n) is 1.34. The van der Waals surface area contributed by atoms with Crippen LogP contribution in [0.15, 0.2) is 24.5 Å². The van der Waals surface area contributed by atoms with Gasteiger partial charge in [-0.25, -0.2) is 4.98 Å². The Morgan fingerprint density at radius 1 is 1.58 bits per heavy atom. The molecule has 2 rings (SSSR count). The van der Waals surface area contributed by atoms with Crippen molar-refractivity contribution in [2.24, 2.45) is 5.73 Å². The Morgan fingerprint density at radius 2 is 2.42 bits per heavy atom. The molecule has 0 aliphatic carbocycles. The largest absolute Gasteiger partial charge is 0.319 e. The highest BCUT2D eigenvalue weighted by atomic mass is 15.1. The van der Waals surface area contributed by atoms with Crippen molar-refractivity contribution in [1.29, 1.82) is 0 Å². The van der Waals surface area contributed by atoms with Crippen LogP contribution in [0.25, 0.3) is 11.0 Å². The van der Waals surface area contributed by atoms with Gasteiger partial charge in [-0.15, -0.1) is 0 Å². The smallest absolute Gasteiger partial charge is 0.140 e. The van der Waals surface area contributed by atoms with Gasteiger partial charge in [0.25, 0.3) is 0 Å².